The Morgan fingerprint density at radius 2 is 1.64 bits per heavy atom. The van der Waals surface area contributed by atoms with E-state index in [1.807, 2.05) is 30.3 Å². The van der Waals surface area contributed by atoms with E-state index in [0.29, 0.717) is 0 Å². The second-order valence-corrected chi connectivity index (χ2v) is 7.37. The summed E-state index contributed by atoms with van der Waals surface area (Å²) in [5.74, 6) is -1.02. The molecule has 0 aliphatic rings. The summed E-state index contributed by atoms with van der Waals surface area (Å²) in [6.45, 7) is 5.48. The van der Waals surface area contributed by atoms with Crippen molar-refractivity contribution in [1.29, 1.82) is 0 Å². The molecule has 1 aromatic carbocycles. The molecule has 1 rings (SSSR count). The van der Waals surface area contributed by atoms with E-state index in [4.69, 9.17) is 9.47 Å². The first-order valence-corrected chi connectivity index (χ1v) is 9.03. The lowest BCUT2D eigenvalue weighted by atomic mass is 9.87. The van der Waals surface area contributed by atoms with Crippen molar-refractivity contribution >= 4 is 18.0 Å². The highest BCUT2D eigenvalue weighted by Gasteiger charge is 2.42. The second-order valence-electron chi connectivity index (χ2n) is 7.37. The molecule has 0 aliphatic heterocycles. The average molecular weight is 394 g/mol. The number of rotatable bonds is 9. The fourth-order valence-corrected chi connectivity index (χ4v) is 2.62. The van der Waals surface area contributed by atoms with Crippen LogP contribution in [-0.2, 0) is 30.2 Å². The average Bonchev–Trinajstić information content (AvgIpc) is 2.63. The van der Waals surface area contributed by atoms with Crippen molar-refractivity contribution < 1.29 is 28.6 Å². The van der Waals surface area contributed by atoms with E-state index in [1.54, 1.807) is 20.8 Å². The van der Waals surface area contributed by atoms with Gasteiger partial charge < -0.3 is 24.8 Å². The molecule has 1 atom stereocenters. The highest BCUT2D eigenvalue weighted by atomic mass is 16.6. The van der Waals surface area contributed by atoms with Crippen LogP contribution in [0, 0.1) is 0 Å². The zero-order chi connectivity index (χ0) is 21.2. The van der Waals surface area contributed by atoms with Gasteiger partial charge in [0.05, 0.1) is 20.8 Å². The van der Waals surface area contributed by atoms with Crippen molar-refractivity contribution in [2.24, 2.45) is 0 Å². The normalized spacial score (nSPS) is 13.2. The minimum atomic E-state index is -1.36. The van der Waals surface area contributed by atoms with Gasteiger partial charge in [0.1, 0.15) is 11.1 Å². The maximum absolute atomic E-state index is 12.7. The molecule has 0 fully saturated rings. The first kappa shape index (κ1) is 23.4. The number of esters is 2. The number of benzene rings is 1. The molecule has 156 valence electrons. The van der Waals surface area contributed by atoms with Crippen LogP contribution in [0.25, 0.3) is 0 Å². The van der Waals surface area contributed by atoms with Gasteiger partial charge in [-0.15, -0.1) is 0 Å². The van der Waals surface area contributed by atoms with Gasteiger partial charge in [-0.25, -0.2) is 9.59 Å². The summed E-state index contributed by atoms with van der Waals surface area (Å²) in [5.41, 5.74) is -1.24. The molecule has 2 N–H and O–H groups in total. The fraction of sp³-hybridized carbons (Fsp3) is 0.550. The van der Waals surface area contributed by atoms with Gasteiger partial charge in [0, 0.05) is 6.42 Å². The van der Waals surface area contributed by atoms with Crippen molar-refractivity contribution in [3.8, 4) is 0 Å². The Bertz CT molecular complexity index is 656. The van der Waals surface area contributed by atoms with Crippen LogP contribution in [0.5, 0.6) is 0 Å². The number of hydrogen-bond donors (Lipinski definition) is 2. The lowest BCUT2D eigenvalue weighted by Crippen LogP contribution is -2.58. The van der Waals surface area contributed by atoms with Crippen LogP contribution >= 0.6 is 0 Å². The van der Waals surface area contributed by atoms with E-state index in [0.717, 1.165) is 5.56 Å². The minimum absolute atomic E-state index is 0.00841. The van der Waals surface area contributed by atoms with E-state index in [2.05, 4.69) is 15.4 Å². The molecule has 8 heteroatoms. The third kappa shape index (κ3) is 7.96. The monoisotopic (exact) mass is 394 g/mol. The van der Waals surface area contributed by atoms with Gasteiger partial charge in [-0.05, 0) is 39.3 Å². The van der Waals surface area contributed by atoms with Crippen LogP contribution in [0.2, 0.25) is 0 Å². The number of hydrogen-bond acceptors (Lipinski definition) is 7. The Morgan fingerprint density at radius 1 is 1.00 bits per heavy atom. The van der Waals surface area contributed by atoms with Crippen LogP contribution in [0.3, 0.4) is 0 Å². The summed E-state index contributed by atoms with van der Waals surface area (Å²) in [6, 6.07) is 9.27. The molecule has 0 saturated carbocycles. The van der Waals surface area contributed by atoms with Gasteiger partial charge in [0.25, 0.3) is 0 Å². The van der Waals surface area contributed by atoms with Crippen LogP contribution < -0.4 is 10.6 Å². The molecule has 0 aromatic heterocycles. The number of nitrogens with one attached hydrogen (secondary N) is 2. The molecule has 0 spiro atoms. The van der Waals surface area contributed by atoms with E-state index in [9.17, 15) is 14.4 Å². The summed E-state index contributed by atoms with van der Waals surface area (Å²) < 4.78 is 14.9. The molecule has 0 saturated heterocycles. The molecule has 1 aromatic rings. The third-order valence-electron chi connectivity index (χ3n) is 3.89. The van der Waals surface area contributed by atoms with Crippen molar-refractivity contribution in [3.63, 3.8) is 0 Å². The molecular weight excluding hydrogens is 364 g/mol. The Morgan fingerprint density at radius 3 is 2.18 bits per heavy atom. The van der Waals surface area contributed by atoms with Crippen LogP contribution in [0.1, 0.15) is 32.8 Å². The molecule has 0 heterocycles. The van der Waals surface area contributed by atoms with E-state index in [-0.39, 0.29) is 25.9 Å². The third-order valence-corrected chi connectivity index (χ3v) is 3.89. The van der Waals surface area contributed by atoms with Gasteiger partial charge in [0.15, 0.2) is 0 Å². The number of alkyl carbamates (subject to hydrolysis) is 1. The Balaban J connectivity index is 3.05. The molecule has 0 radical (unpaired) electrons. The first-order chi connectivity index (χ1) is 13.1. The van der Waals surface area contributed by atoms with Gasteiger partial charge in [-0.2, -0.15) is 0 Å². The van der Waals surface area contributed by atoms with E-state index < -0.39 is 29.2 Å². The number of ether oxygens (including phenoxy) is 3. The SMILES string of the molecule is COC(=O)CNCC[C@@](Cc1ccccc1)(NC(=O)OC(C)(C)C)C(=O)OC. The first-order valence-electron chi connectivity index (χ1n) is 9.03. The van der Waals surface area contributed by atoms with E-state index >= 15 is 0 Å². The molecule has 8 nitrogen and oxygen atoms in total. The second kappa shape index (κ2) is 10.7. The fourth-order valence-electron chi connectivity index (χ4n) is 2.62. The Labute approximate surface area is 165 Å². The summed E-state index contributed by atoms with van der Waals surface area (Å²) in [4.78, 5) is 36.4. The zero-order valence-electron chi connectivity index (χ0n) is 17.2. The standard InChI is InChI=1S/C20H30N2O6/c1-19(2,3)28-18(25)22-20(17(24)27-5,11-12-21-14-16(23)26-4)13-15-9-7-6-8-10-15/h6-10,21H,11-14H2,1-5H3,(H,22,25)/t20-/m0/s1. The predicted octanol–water partition coefficient (Wildman–Crippen LogP) is 1.82. The van der Waals surface area contributed by atoms with Crippen molar-refractivity contribution in [2.45, 2.75) is 44.8 Å². The van der Waals surface area contributed by atoms with Gasteiger partial charge in [0.2, 0.25) is 0 Å². The minimum Gasteiger partial charge on any atom is -0.468 e. The largest absolute Gasteiger partial charge is 0.468 e. The van der Waals surface area contributed by atoms with Crippen LogP contribution in [0.15, 0.2) is 30.3 Å². The van der Waals surface area contributed by atoms with Crippen molar-refractivity contribution in [1.82, 2.24) is 10.6 Å². The quantitative estimate of drug-likeness (QED) is 0.374. The molecule has 0 bridgehead atoms. The van der Waals surface area contributed by atoms with Gasteiger partial charge >= 0.3 is 18.0 Å². The highest BCUT2D eigenvalue weighted by molar-refractivity contribution is 5.86. The van der Waals surface area contributed by atoms with E-state index in [1.165, 1.54) is 14.2 Å². The van der Waals surface area contributed by atoms with Crippen molar-refractivity contribution in [2.75, 3.05) is 27.3 Å². The smallest absolute Gasteiger partial charge is 0.408 e. The van der Waals surface area contributed by atoms with Gasteiger partial charge in [-0.3, -0.25) is 4.79 Å². The van der Waals surface area contributed by atoms with Crippen LogP contribution in [0.4, 0.5) is 4.79 Å². The molecule has 0 aliphatic carbocycles. The van der Waals surface area contributed by atoms with Gasteiger partial charge in [-0.1, -0.05) is 30.3 Å². The maximum Gasteiger partial charge on any atom is 0.408 e. The van der Waals surface area contributed by atoms with Crippen molar-refractivity contribution in [3.05, 3.63) is 35.9 Å². The maximum atomic E-state index is 12.7. The Hall–Kier alpha value is -2.61. The lowest BCUT2D eigenvalue weighted by molar-refractivity contribution is -0.149. The molecule has 28 heavy (non-hydrogen) atoms. The number of amides is 1. The number of methoxy groups -OCH3 is 2. The summed E-state index contributed by atoms with van der Waals surface area (Å²) in [5, 5.41) is 5.60. The molecule has 0 unspecified atom stereocenters. The Kier molecular flexibility index (Phi) is 8.91. The topological polar surface area (TPSA) is 103 Å². The summed E-state index contributed by atoms with van der Waals surface area (Å²) in [7, 11) is 2.56. The molecule has 1 amide bonds. The zero-order valence-corrected chi connectivity index (χ0v) is 17.2. The lowest BCUT2D eigenvalue weighted by Gasteiger charge is -2.33. The summed E-state index contributed by atoms with van der Waals surface area (Å²) in [6.07, 6.45) is -0.327. The predicted molar refractivity (Wildman–Crippen MR) is 104 cm³/mol. The number of carbonyl (C=O) groups excluding carboxylic acids is 3. The molecular formula is C20H30N2O6. The highest BCUT2D eigenvalue weighted by Crippen LogP contribution is 2.21. The summed E-state index contributed by atoms with van der Waals surface area (Å²) >= 11 is 0. The van der Waals surface area contributed by atoms with Crippen LogP contribution in [-0.4, -0.2) is 56.5 Å². The number of carbonyl (C=O) groups is 3.